The number of nitrogens with one attached hydrogen (secondary N) is 1. The quantitative estimate of drug-likeness (QED) is 0.774. The highest BCUT2D eigenvalue weighted by atomic mass is 16.3. The molecule has 0 aromatic heterocycles. The Balaban J connectivity index is 2.49. The first kappa shape index (κ1) is 13.2. The fraction of sp³-hybridized carbons (Fsp3) is 0.571. The van der Waals surface area contributed by atoms with Gasteiger partial charge in [-0.25, -0.2) is 0 Å². The molecule has 1 atom stereocenters. The van der Waals surface area contributed by atoms with Crippen molar-refractivity contribution in [2.75, 3.05) is 6.54 Å². The van der Waals surface area contributed by atoms with E-state index in [2.05, 4.69) is 19.2 Å². The van der Waals surface area contributed by atoms with Gasteiger partial charge in [-0.1, -0.05) is 43.7 Å². The van der Waals surface area contributed by atoms with Gasteiger partial charge in [-0.2, -0.15) is 0 Å². The smallest absolute Gasteiger partial charge is 0.0914 e. The molecule has 1 rings (SSSR count). The molecular weight excluding hydrogens is 198 g/mol. The third-order valence-corrected chi connectivity index (χ3v) is 3.01. The van der Waals surface area contributed by atoms with E-state index in [1.54, 1.807) is 0 Å². The largest absolute Gasteiger partial charge is 0.387 e. The molecule has 0 radical (unpaired) electrons. The van der Waals surface area contributed by atoms with Crippen molar-refractivity contribution in [3.8, 4) is 0 Å². The Hall–Kier alpha value is -0.860. The predicted octanol–water partition coefficient (Wildman–Crippen LogP) is 2.81. The van der Waals surface area contributed by atoms with Crippen LogP contribution in [-0.4, -0.2) is 17.7 Å². The molecular formula is C14H23NO. The Labute approximate surface area is 98.7 Å². The molecule has 1 aromatic rings. The maximum Gasteiger partial charge on any atom is 0.0914 e. The van der Waals surface area contributed by atoms with Gasteiger partial charge in [-0.3, -0.25) is 0 Å². The van der Waals surface area contributed by atoms with Gasteiger partial charge in [-0.15, -0.1) is 0 Å². The average molecular weight is 221 g/mol. The van der Waals surface area contributed by atoms with Gasteiger partial charge in [0.15, 0.2) is 0 Å². The maximum atomic E-state index is 10.0. The third kappa shape index (κ3) is 3.95. The highest BCUT2D eigenvalue weighted by Gasteiger charge is 2.09. The molecule has 0 aliphatic rings. The highest BCUT2D eigenvalue weighted by Crippen LogP contribution is 2.13. The Bertz CT molecular complexity index is 307. The number of benzene rings is 1. The zero-order valence-corrected chi connectivity index (χ0v) is 10.5. The van der Waals surface area contributed by atoms with Crippen molar-refractivity contribution >= 4 is 0 Å². The molecule has 0 amide bonds. The Morgan fingerprint density at radius 2 is 1.94 bits per heavy atom. The first-order valence-electron chi connectivity index (χ1n) is 6.15. The van der Waals surface area contributed by atoms with Crippen LogP contribution in [0, 0.1) is 6.92 Å². The van der Waals surface area contributed by atoms with Crippen molar-refractivity contribution in [1.29, 1.82) is 0 Å². The lowest BCUT2D eigenvalue weighted by Crippen LogP contribution is -2.31. The lowest BCUT2D eigenvalue weighted by Gasteiger charge is -2.18. The minimum Gasteiger partial charge on any atom is -0.387 e. The van der Waals surface area contributed by atoms with Gasteiger partial charge in [0, 0.05) is 12.6 Å². The molecule has 0 bridgehead atoms. The second-order valence-electron chi connectivity index (χ2n) is 4.35. The second-order valence-corrected chi connectivity index (χ2v) is 4.35. The van der Waals surface area contributed by atoms with E-state index in [0.29, 0.717) is 12.6 Å². The number of hydrogen-bond donors (Lipinski definition) is 2. The first-order chi connectivity index (χ1) is 7.67. The van der Waals surface area contributed by atoms with Gasteiger partial charge in [0.25, 0.3) is 0 Å². The van der Waals surface area contributed by atoms with Gasteiger partial charge in [0.1, 0.15) is 0 Å². The van der Waals surface area contributed by atoms with E-state index in [1.807, 2.05) is 31.2 Å². The molecule has 0 aliphatic carbocycles. The average Bonchev–Trinajstić information content (AvgIpc) is 2.30. The summed E-state index contributed by atoms with van der Waals surface area (Å²) in [7, 11) is 0. The highest BCUT2D eigenvalue weighted by molar-refractivity contribution is 5.24. The van der Waals surface area contributed by atoms with Gasteiger partial charge in [-0.05, 0) is 25.3 Å². The van der Waals surface area contributed by atoms with E-state index in [0.717, 1.165) is 18.4 Å². The second kappa shape index (κ2) is 6.66. The third-order valence-electron chi connectivity index (χ3n) is 3.01. The zero-order chi connectivity index (χ0) is 12.0. The van der Waals surface area contributed by atoms with Gasteiger partial charge in [0.05, 0.1) is 6.10 Å². The first-order valence-corrected chi connectivity index (χ1v) is 6.15. The summed E-state index contributed by atoms with van der Waals surface area (Å²) in [6.45, 7) is 7.01. The van der Waals surface area contributed by atoms with E-state index in [1.165, 1.54) is 5.56 Å². The van der Waals surface area contributed by atoms with Crippen LogP contribution >= 0.6 is 0 Å². The van der Waals surface area contributed by atoms with Crippen LogP contribution in [0.3, 0.4) is 0 Å². The summed E-state index contributed by atoms with van der Waals surface area (Å²) < 4.78 is 0. The summed E-state index contributed by atoms with van der Waals surface area (Å²) in [5.41, 5.74) is 2.19. The van der Waals surface area contributed by atoms with Crippen LogP contribution in [-0.2, 0) is 0 Å². The van der Waals surface area contributed by atoms with Gasteiger partial charge in [0.2, 0.25) is 0 Å². The molecule has 0 fully saturated rings. The Kier molecular flexibility index (Phi) is 5.50. The van der Waals surface area contributed by atoms with Crippen molar-refractivity contribution in [2.45, 2.75) is 45.8 Å². The van der Waals surface area contributed by atoms with E-state index >= 15 is 0 Å². The monoisotopic (exact) mass is 221 g/mol. The lowest BCUT2D eigenvalue weighted by molar-refractivity contribution is 0.169. The maximum absolute atomic E-state index is 10.0. The summed E-state index contributed by atoms with van der Waals surface area (Å²) in [4.78, 5) is 0. The fourth-order valence-electron chi connectivity index (χ4n) is 1.85. The summed E-state index contributed by atoms with van der Waals surface area (Å²) in [5.74, 6) is 0. The van der Waals surface area contributed by atoms with Crippen LogP contribution in [0.15, 0.2) is 24.3 Å². The van der Waals surface area contributed by atoms with Crippen LogP contribution in [0.25, 0.3) is 0 Å². The van der Waals surface area contributed by atoms with Crippen molar-refractivity contribution in [3.63, 3.8) is 0 Å². The molecule has 0 saturated carbocycles. The van der Waals surface area contributed by atoms with Crippen LogP contribution in [0.4, 0.5) is 0 Å². The minimum absolute atomic E-state index is 0.402. The van der Waals surface area contributed by atoms with Crippen molar-refractivity contribution in [3.05, 3.63) is 35.4 Å². The number of rotatable bonds is 6. The summed E-state index contributed by atoms with van der Waals surface area (Å²) >= 11 is 0. The van der Waals surface area contributed by atoms with Crippen LogP contribution in [0.2, 0.25) is 0 Å². The number of hydrogen-bond acceptors (Lipinski definition) is 2. The summed E-state index contributed by atoms with van der Waals surface area (Å²) in [6.07, 6.45) is 1.81. The van der Waals surface area contributed by atoms with E-state index < -0.39 is 6.10 Å². The zero-order valence-electron chi connectivity index (χ0n) is 10.5. The fourth-order valence-corrected chi connectivity index (χ4v) is 1.85. The van der Waals surface area contributed by atoms with Crippen molar-refractivity contribution in [1.82, 2.24) is 5.32 Å². The SMILES string of the molecule is CCC(CC)NCC(O)c1cccc(C)c1. The normalized spacial score (nSPS) is 13.1. The van der Waals surface area contributed by atoms with Gasteiger partial charge < -0.3 is 10.4 Å². The molecule has 2 nitrogen and oxygen atoms in total. The van der Waals surface area contributed by atoms with E-state index in [-0.39, 0.29) is 0 Å². The Morgan fingerprint density at radius 1 is 1.25 bits per heavy atom. The van der Waals surface area contributed by atoms with Gasteiger partial charge >= 0.3 is 0 Å². The minimum atomic E-state index is -0.402. The van der Waals surface area contributed by atoms with E-state index in [9.17, 15) is 5.11 Å². The lowest BCUT2D eigenvalue weighted by atomic mass is 10.1. The number of aryl methyl sites for hydroxylation is 1. The molecule has 1 unspecified atom stereocenters. The molecule has 0 saturated heterocycles. The molecule has 90 valence electrons. The molecule has 1 aromatic carbocycles. The predicted molar refractivity (Wildman–Crippen MR) is 68.5 cm³/mol. The molecule has 0 heterocycles. The van der Waals surface area contributed by atoms with Crippen molar-refractivity contribution in [2.24, 2.45) is 0 Å². The van der Waals surface area contributed by atoms with Crippen molar-refractivity contribution < 1.29 is 5.11 Å². The molecule has 2 heteroatoms. The topological polar surface area (TPSA) is 32.3 Å². The molecule has 0 aliphatic heterocycles. The van der Waals surface area contributed by atoms with Crippen LogP contribution in [0.5, 0.6) is 0 Å². The van der Waals surface area contributed by atoms with Crippen LogP contribution < -0.4 is 5.32 Å². The molecule has 2 N–H and O–H groups in total. The summed E-state index contributed by atoms with van der Waals surface area (Å²) in [6, 6.07) is 8.57. The van der Waals surface area contributed by atoms with Crippen LogP contribution in [0.1, 0.15) is 43.9 Å². The number of aliphatic hydroxyl groups is 1. The molecule has 0 spiro atoms. The standard InChI is InChI=1S/C14H23NO/c1-4-13(5-2)15-10-14(16)12-8-6-7-11(3)9-12/h6-9,13-16H,4-5,10H2,1-3H3. The Morgan fingerprint density at radius 3 is 2.50 bits per heavy atom. The number of aliphatic hydroxyl groups excluding tert-OH is 1. The molecule has 16 heavy (non-hydrogen) atoms. The van der Waals surface area contributed by atoms with E-state index in [4.69, 9.17) is 0 Å². The summed E-state index contributed by atoms with van der Waals surface area (Å²) in [5, 5.41) is 13.4.